The van der Waals surface area contributed by atoms with E-state index in [1.54, 1.807) is 12.4 Å². The molecule has 20 heavy (non-hydrogen) atoms. The molecule has 1 aromatic carbocycles. The van der Waals surface area contributed by atoms with Crippen LogP contribution in [0, 0.1) is 0 Å². The summed E-state index contributed by atoms with van der Waals surface area (Å²) in [7, 11) is 0. The van der Waals surface area contributed by atoms with E-state index in [4.69, 9.17) is 10.3 Å². The van der Waals surface area contributed by atoms with Crippen LogP contribution in [0.5, 0.6) is 0 Å². The molecular formula is C14H9Br2N3O. The Hall–Kier alpha value is -1.66. The highest BCUT2D eigenvalue weighted by atomic mass is 79.9. The molecule has 0 saturated heterocycles. The molecule has 4 nitrogen and oxygen atoms in total. The molecule has 0 radical (unpaired) electrons. The first kappa shape index (κ1) is 13.3. The highest BCUT2D eigenvalue weighted by Crippen LogP contribution is 2.40. The zero-order valence-corrected chi connectivity index (χ0v) is 13.3. The summed E-state index contributed by atoms with van der Waals surface area (Å²) in [5.41, 5.74) is 8.52. The first-order valence-corrected chi connectivity index (χ1v) is 7.36. The predicted octanol–water partition coefficient (Wildman–Crippen LogP) is 4.51. The predicted molar refractivity (Wildman–Crippen MR) is 85.0 cm³/mol. The van der Waals surface area contributed by atoms with E-state index < -0.39 is 0 Å². The van der Waals surface area contributed by atoms with Gasteiger partial charge in [0, 0.05) is 26.9 Å². The number of nitrogens with zero attached hydrogens (tertiary/aromatic N) is 2. The summed E-state index contributed by atoms with van der Waals surface area (Å²) in [5.74, 6) is 0.986. The minimum Gasteiger partial charge on any atom is -0.380 e. The van der Waals surface area contributed by atoms with Gasteiger partial charge in [0.2, 0.25) is 0 Å². The van der Waals surface area contributed by atoms with Crippen LogP contribution in [0.25, 0.3) is 22.5 Å². The highest BCUT2D eigenvalue weighted by Gasteiger charge is 2.19. The highest BCUT2D eigenvalue weighted by molar-refractivity contribution is 9.11. The fraction of sp³-hybridized carbons (Fsp3) is 0. The van der Waals surface area contributed by atoms with Gasteiger partial charge >= 0.3 is 0 Å². The van der Waals surface area contributed by atoms with E-state index in [1.165, 1.54) is 0 Å². The van der Waals surface area contributed by atoms with Gasteiger partial charge in [0.15, 0.2) is 11.6 Å². The van der Waals surface area contributed by atoms with Crippen molar-refractivity contribution in [1.82, 2.24) is 10.1 Å². The fourth-order valence-electron chi connectivity index (χ4n) is 1.96. The molecule has 0 aliphatic heterocycles. The fourth-order valence-corrected chi connectivity index (χ4v) is 2.74. The third kappa shape index (κ3) is 2.36. The summed E-state index contributed by atoms with van der Waals surface area (Å²) in [6.07, 6.45) is 3.42. The van der Waals surface area contributed by atoms with Crippen LogP contribution < -0.4 is 5.73 Å². The Morgan fingerprint density at radius 3 is 2.55 bits per heavy atom. The van der Waals surface area contributed by atoms with Gasteiger partial charge < -0.3 is 10.3 Å². The maximum absolute atomic E-state index is 5.95. The van der Waals surface area contributed by atoms with Crippen molar-refractivity contribution in [1.29, 1.82) is 0 Å². The zero-order chi connectivity index (χ0) is 14.1. The van der Waals surface area contributed by atoms with Crippen molar-refractivity contribution in [2.24, 2.45) is 0 Å². The quantitative estimate of drug-likeness (QED) is 0.694. The van der Waals surface area contributed by atoms with Crippen LogP contribution in [0.15, 0.2) is 56.2 Å². The monoisotopic (exact) mass is 393 g/mol. The Morgan fingerprint density at radius 2 is 1.80 bits per heavy atom. The van der Waals surface area contributed by atoms with Crippen LogP contribution in [0.4, 0.5) is 5.82 Å². The van der Waals surface area contributed by atoms with Crippen molar-refractivity contribution in [2.45, 2.75) is 0 Å². The first-order valence-electron chi connectivity index (χ1n) is 5.78. The third-order valence-corrected chi connectivity index (χ3v) is 4.05. The van der Waals surface area contributed by atoms with E-state index >= 15 is 0 Å². The minimum absolute atomic E-state index is 0.359. The van der Waals surface area contributed by atoms with Crippen LogP contribution in [0.1, 0.15) is 0 Å². The maximum atomic E-state index is 5.95. The molecular weight excluding hydrogens is 386 g/mol. The molecule has 0 amide bonds. The van der Waals surface area contributed by atoms with Gasteiger partial charge in [-0.1, -0.05) is 37.0 Å². The van der Waals surface area contributed by atoms with Crippen LogP contribution in [-0.2, 0) is 0 Å². The van der Waals surface area contributed by atoms with Gasteiger partial charge in [-0.15, -0.1) is 0 Å². The van der Waals surface area contributed by atoms with Crippen molar-refractivity contribution >= 4 is 37.7 Å². The number of nitrogens with two attached hydrogens (primary N) is 1. The second kappa shape index (κ2) is 5.38. The van der Waals surface area contributed by atoms with Gasteiger partial charge in [-0.3, -0.25) is 4.98 Å². The number of pyridine rings is 1. The van der Waals surface area contributed by atoms with E-state index in [0.717, 1.165) is 25.6 Å². The molecule has 0 bridgehead atoms. The number of rotatable bonds is 2. The maximum Gasteiger partial charge on any atom is 0.178 e. The largest absolute Gasteiger partial charge is 0.380 e. The van der Waals surface area contributed by atoms with Gasteiger partial charge in [-0.25, -0.2) is 0 Å². The number of hydrogen-bond donors (Lipinski definition) is 1. The summed E-state index contributed by atoms with van der Waals surface area (Å²) in [5, 5.41) is 3.89. The lowest BCUT2D eigenvalue weighted by molar-refractivity contribution is 0.436. The summed E-state index contributed by atoms with van der Waals surface area (Å²) < 4.78 is 7.29. The number of nitrogen functional groups attached to an aromatic ring is 1. The van der Waals surface area contributed by atoms with Gasteiger partial charge in [0.05, 0.1) is 5.56 Å². The molecule has 0 atom stereocenters. The first-order chi connectivity index (χ1) is 9.66. The Bertz CT molecular complexity index is 756. The molecule has 0 unspecified atom stereocenters. The smallest absolute Gasteiger partial charge is 0.178 e. The average Bonchev–Trinajstić information content (AvgIpc) is 2.84. The van der Waals surface area contributed by atoms with Crippen molar-refractivity contribution < 1.29 is 4.52 Å². The van der Waals surface area contributed by atoms with Crippen molar-refractivity contribution in [3.05, 3.63) is 51.7 Å². The topological polar surface area (TPSA) is 64.9 Å². The Labute approximate surface area is 132 Å². The molecule has 6 heteroatoms. The number of hydrogen-bond acceptors (Lipinski definition) is 4. The Kier molecular flexibility index (Phi) is 3.58. The SMILES string of the molecule is Nc1noc(-c2cc(Br)ccc2Br)c1-c1ccncc1. The standard InChI is InChI=1S/C14H9Br2N3O/c15-9-1-2-11(16)10(7-9)13-12(14(17)19-20-13)8-3-5-18-6-4-8/h1-7H,(H2,17,19). The molecule has 3 rings (SSSR count). The van der Waals surface area contributed by atoms with Gasteiger partial charge in [-0.05, 0) is 35.9 Å². The van der Waals surface area contributed by atoms with E-state index in [0.29, 0.717) is 11.6 Å². The molecule has 0 saturated carbocycles. The lowest BCUT2D eigenvalue weighted by Crippen LogP contribution is -1.89. The molecule has 2 heterocycles. The third-order valence-electron chi connectivity index (χ3n) is 2.86. The number of halogens is 2. The van der Waals surface area contributed by atoms with E-state index in [-0.39, 0.29) is 0 Å². The van der Waals surface area contributed by atoms with Crippen molar-refractivity contribution in [3.8, 4) is 22.5 Å². The second-order valence-electron chi connectivity index (χ2n) is 4.13. The van der Waals surface area contributed by atoms with Crippen LogP contribution in [-0.4, -0.2) is 10.1 Å². The summed E-state index contributed by atoms with van der Waals surface area (Å²) in [4.78, 5) is 4.01. The average molecular weight is 395 g/mol. The zero-order valence-electron chi connectivity index (χ0n) is 10.2. The number of benzene rings is 1. The van der Waals surface area contributed by atoms with Gasteiger partial charge in [0.25, 0.3) is 0 Å². The van der Waals surface area contributed by atoms with E-state index in [1.807, 2.05) is 30.3 Å². The Balaban J connectivity index is 2.24. The van der Waals surface area contributed by atoms with Crippen LogP contribution in [0.3, 0.4) is 0 Å². The van der Waals surface area contributed by atoms with Crippen molar-refractivity contribution in [2.75, 3.05) is 5.73 Å². The molecule has 0 fully saturated rings. The van der Waals surface area contributed by atoms with Crippen LogP contribution in [0.2, 0.25) is 0 Å². The molecule has 0 spiro atoms. The molecule has 2 aromatic heterocycles. The normalized spacial score (nSPS) is 10.7. The van der Waals surface area contributed by atoms with Gasteiger partial charge in [0.1, 0.15) is 0 Å². The number of anilines is 1. The lowest BCUT2D eigenvalue weighted by Gasteiger charge is -2.05. The van der Waals surface area contributed by atoms with E-state index in [9.17, 15) is 0 Å². The lowest BCUT2D eigenvalue weighted by atomic mass is 10.0. The second-order valence-corrected chi connectivity index (χ2v) is 5.90. The van der Waals surface area contributed by atoms with E-state index in [2.05, 4.69) is 42.0 Å². The molecule has 0 aliphatic rings. The van der Waals surface area contributed by atoms with Gasteiger partial charge in [-0.2, -0.15) is 0 Å². The molecule has 100 valence electrons. The summed E-state index contributed by atoms with van der Waals surface area (Å²) >= 11 is 6.98. The molecule has 3 aromatic rings. The Morgan fingerprint density at radius 1 is 1.05 bits per heavy atom. The van der Waals surface area contributed by atoms with Crippen molar-refractivity contribution in [3.63, 3.8) is 0 Å². The van der Waals surface area contributed by atoms with Crippen LogP contribution >= 0.6 is 31.9 Å². The summed E-state index contributed by atoms with van der Waals surface area (Å²) in [6, 6.07) is 9.58. The summed E-state index contributed by atoms with van der Waals surface area (Å²) in [6.45, 7) is 0. The molecule has 2 N–H and O–H groups in total. The minimum atomic E-state index is 0.359. The number of aromatic nitrogens is 2. The molecule has 0 aliphatic carbocycles.